The Kier molecular flexibility index (Phi) is 6.97. The summed E-state index contributed by atoms with van der Waals surface area (Å²) in [6, 6.07) is 17.9. The Morgan fingerprint density at radius 2 is 1.77 bits per heavy atom. The number of rotatable bonds is 6. The molecule has 26 heavy (non-hydrogen) atoms. The zero-order valence-corrected chi connectivity index (χ0v) is 16.1. The third kappa shape index (κ3) is 5.78. The smallest absolute Gasteiger partial charge is 0.319 e. The summed E-state index contributed by atoms with van der Waals surface area (Å²) in [5, 5.41) is 5.88. The van der Waals surface area contributed by atoms with Crippen molar-refractivity contribution in [3.05, 3.63) is 65.7 Å². The number of thioether (sulfide) groups is 1. The van der Waals surface area contributed by atoms with Crippen LogP contribution >= 0.6 is 11.8 Å². The molecule has 4 nitrogen and oxygen atoms in total. The van der Waals surface area contributed by atoms with Crippen LogP contribution in [0.1, 0.15) is 24.1 Å². The minimum Gasteiger partial charge on any atom is -0.331 e. The summed E-state index contributed by atoms with van der Waals surface area (Å²) >= 11 is 2.04. The first-order valence-corrected chi connectivity index (χ1v) is 10.4. The van der Waals surface area contributed by atoms with E-state index in [1.807, 2.05) is 61.2 Å². The van der Waals surface area contributed by atoms with Crippen molar-refractivity contribution in [1.29, 1.82) is 0 Å². The average Bonchev–Trinajstić information content (AvgIpc) is 2.69. The molecule has 0 bridgehead atoms. The standard InChI is InChI=1S/C21H27N3OS/c1-17(19-5-3-2-4-6-19)22-21(25)23-20-9-7-18(8-10-20)11-12-24-13-15-26-16-14-24/h2-10,17H,11-16H2,1H3,(H2,22,23,25). The van der Waals surface area contributed by atoms with Gasteiger partial charge in [0.05, 0.1) is 6.04 Å². The summed E-state index contributed by atoms with van der Waals surface area (Å²) in [5.41, 5.74) is 3.22. The van der Waals surface area contributed by atoms with Crippen molar-refractivity contribution in [2.45, 2.75) is 19.4 Å². The van der Waals surface area contributed by atoms with Crippen molar-refractivity contribution >= 4 is 23.5 Å². The molecule has 2 aromatic carbocycles. The van der Waals surface area contributed by atoms with Crippen molar-refractivity contribution in [1.82, 2.24) is 10.2 Å². The summed E-state index contributed by atoms with van der Waals surface area (Å²) < 4.78 is 0. The van der Waals surface area contributed by atoms with Gasteiger partial charge >= 0.3 is 6.03 Å². The first-order valence-electron chi connectivity index (χ1n) is 9.22. The lowest BCUT2D eigenvalue weighted by molar-refractivity contribution is 0.249. The first kappa shape index (κ1) is 18.8. The monoisotopic (exact) mass is 369 g/mol. The molecule has 0 saturated carbocycles. The highest BCUT2D eigenvalue weighted by Crippen LogP contribution is 2.14. The van der Waals surface area contributed by atoms with Crippen LogP contribution in [-0.2, 0) is 6.42 Å². The maximum absolute atomic E-state index is 12.2. The molecule has 0 aromatic heterocycles. The van der Waals surface area contributed by atoms with E-state index in [0.717, 1.165) is 24.2 Å². The highest BCUT2D eigenvalue weighted by Gasteiger charge is 2.11. The van der Waals surface area contributed by atoms with Gasteiger partial charge in [-0.25, -0.2) is 4.79 Å². The molecule has 1 saturated heterocycles. The predicted octanol–water partition coefficient (Wildman–Crippen LogP) is 4.16. The number of carbonyl (C=O) groups excluding carboxylic acids is 1. The van der Waals surface area contributed by atoms with E-state index in [9.17, 15) is 4.79 Å². The van der Waals surface area contributed by atoms with Gasteiger partial charge in [-0.05, 0) is 36.6 Å². The van der Waals surface area contributed by atoms with Crippen LogP contribution in [0, 0.1) is 0 Å². The molecular formula is C21H27N3OS. The lowest BCUT2D eigenvalue weighted by Gasteiger charge is -2.26. The van der Waals surface area contributed by atoms with Gasteiger partial charge in [0.2, 0.25) is 0 Å². The van der Waals surface area contributed by atoms with Crippen LogP contribution in [0.4, 0.5) is 10.5 Å². The molecule has 0 radical (unpaired) electrons. The summed E-state index contributed by atoms with van der Waals surface area (Å²) in [5.74, 6) is 2.50. The molecule has 138 valence electrons. The summed E-state index contributed by atoms with van der Waals surface area (Å²) in [6.45, 7) is 5.49. The Labute approximate surface area is 160 Å². The van der Waals surface area contributed by atoms with Crippen LogP contribution in [0.2, 0.25) is 0 Å². The summed E-state index contributed by atoms with van der Waals surface area (Å²) in [6.07, 6.45) is 1.06. The molecule has 1 fully saturated rings. The molecule has 0 spiro atoms. The van der Waals surface area contributed by atoms with Crippen molar-refractivity contribution in [2.24, 2.45) is 0 Å². The molecule has 2 aromatic rings. The molecule has 1 heterocycles. The first-order chi connectivity index (χ1) is 12.7. The van der Waals surface area contributed by atoms with E-state index in [2.05, 4.69) is 27.7 Å². The second-order valence-electron chi connectivity index (χ2n) is 6.63. The lowest BCUT2D eigenvalue weighted by Crippen LogP contribution is -2.34. The van der Waals surface area contributed by atoms with E-state index in [0.29, 0.717) is 0 Å². The van der Waals surface area contributed by atoms with Gasteiger partial charge in [-0.3, -0.25) is 0 Å². The summed E-state index contributed by atoms with van der Waals surface area (Å²) in [4.78, 5) is 14.7. The number of hydrogen-bond acceptors (Lipinski definition) is 3. The summed E-state index contributed by atoms with van der Waals surface area (Å²) in [7, 11) is 0. The Hall–Kier alpha value is -1.98. The second kappa shape index (κ2) is 9.64. The molecular weight excluding hydrogens is 342 g/mol. The van der Waals surface area contributed by atoms with Gasteiger partial charge in [-0.15, -0.1) is 0 Å². The fraction of sp³-hybridized carbons (Fsp3) is 0.381. The van der Waals surface area contributed by atoms with Crippen LogP contribution in [0.5, 0.6) is 0 Å². The van der Waals surface area contributed by atoms with Crippen molar-refractivity contribution in [3.8, 4) is 0 Å². The van der Waals surface area contributed by atoms with Crippen LogP contribution < -0.4 is 10.6 Å². The topological polar surface area (TPSA) is 44.4 Å². The number of anilines is 1. The number of carbonyl (C=O) groups is 1. The Morgan fingerprint density at radius 3 is 2.46 bits per heavy atom. The van der Waals surface area contributed by atoms with Gasteiger partial charge in [0.15, 0.2) is 0 Å². The van der Waals surface area contributed by atoms with Crippen LogP contribution in [0.3, 0.4) is 0 Å². The van der Waals surface area contributed by atoms with Crippen LogP contribution in [0.15, 0.2) is 54.6 Å². The zero-order valence-electron chi connectivity index (χ0n) is 15.3. The van der Waals surface area contributed by atoms with E-state index in [4.69, 9.17) is 0 Å². The number of urea groups is 1. The number of benzene rings is 2. The predicted molar refractivity (Wildman–Crippen MR) is 111 cm³/mol. The quantitative estimate of drug-likeness (QED) is 0.804. The molecule has 2 amide bonds. The van der Waals surface area contributed by atoms with E-state index in [1.165, 1.54) is 30.2 Å². The van der Waals surface area contributed by atoms with Gasteiger partial charge in [0.1, 0.15) is 0 Å². The SMILES string of the molecule is CC(NC(=O)Nc1ccc(CCN2CCSCC2)cc1)c1ccccc1. The molecule has 1 aliphatic rings. The fourth-order valence-corrected chi connectivity index (χ4v) is 4.03. The zero-order chi connectivity index (χ0) is 18.2. The minimum atomic E-state index is -0.181. The van der Waals surface area contributed by atoms with Crippen LogP contribution in [0.25, 0.3) is 0 Å². The van der Waals surface area contributed by atoms with E-state index in [1.54, 1.807) is 0 Å². The van der Waals surface area contributed by atoms with Gasteiger partial charge in [0, 0.05) is 36.8 Å². The third-order valence-corrected chi connectivity index (χ3v) is 5.62. The largest absolute Gasteiger partial charge is 0.331 e. The van der Waals surface area contributed by atoms with Gasteiger partial charge in [0.25, 0.3) is 0 Å². The highest BCUT2D eigenvalue weighted by atomic mass is 32.2. The van der Waals surface area contributed by atoms with E-state index >= 15 is 0 Å². The van der Waals surface area contributed by atoms with E-state index < -0.39 is 0 Å². The van der Waals surface area contributed by atoms with Gasteiger partial charge < -0.3 is 15.5 Å². The molecule has 1 aliphatic heterocycles. The second-order valence-corrected chi connectivity index (χ2v) is 7.86. The number of nitrogens with zero attached hydrogens (tertiary/aromatic N) is 1. The third-order valence-electron chi connectivity index (χ3n) is 4.68. The molecule has 5 heteroatoms. The minimum absolute atomic E-state index is 0.0295. The average molecular weight is 370 g/mol. The maximum atomic E-state index is 12.2. The Bertz CT molecular complexity index is 684. The number of amides is 2. The molecule has 1 unspecified atom stereocenters. The molecule has 2 N–H and O–H groups in total. The Morgan fingerprint density at radius 1 is 1.08 bits per heavy atom. The normalized spacial score (nSPS) is 16.0. The van der Waals surface area contributed by atoms with Gasteiger partial charge in [-0.1, -0.05) is 42.5 Å². The fourth-order valence-electron chi connectivity index (χ4n) is 3.06. The lowest BCUT2D eigenvalue weighted by atomic mass is 10.1. The number of hydrogen-bond donors (Lipinski definition) is 2. The van der Waals surface area contributed by atoms with E-state index in [-0.39, 0.29) is 12.1 Å². The molecule has 0 aliphatic carbocycles. The number of nitrogens with one attached hydrogen (secondary N) is 2. The molecule has 3 rings (SSSR count). The van der Waals surface area contributed by atoms with Crippen molar-refractivity contribution in [3.63, 3.8) is 0 Å². The van der Waals surface area contributed by atoms with Crippen molar-refractivity contribution < 1.29 is 4.79 Å². The highest BCUT2D eigenvalue weighted by molar-refractivity contribution is 7.99. The Balaban J connectivity index is 1.45. The van der Waals surface area contributed by atoms with Gasteiger partial charge in [-0.2, -0.15) is 11.8 Å². The maximum Gasteiger partial charge on any atom is 0.319 e. The van der Waals surface area contributed by atoms with Crippen molar-refractivity contribution in [2.75, 3.05) is 36.5 Å². The molecule has 1 atom stereocenters. The van der Waals surface area contributed by atoms with Crippen LogP contribution in [-0.4, -0.2) is 42.1 Å².